The van der Waals surface area contributed by atoms with Crippen LogP contribution >= 0.6 is 12.4 Å². The van der Waals surface area contributed by atoms with E-state index in [0.717, 1.165) is 19.5 Å². The van der Waals surface area contributed by atoms with E-state index in [4.69, 9.17) is 4.52 Å². The van der Waals surface area contributed by atoms with Crippen molar-refractivity contribution < 1.29 is 9.32 Å². The third-order valence-electron chi connectivity index (χ3n) is 3.15. The van der Waals surface area contributed by atoms with Gasteiger partial charge in [-0.05, 0) is 26.8 Å². The highest BCUT2D eigenvalue weighted by atomic mass is 35.5. The summed E-state index contributed by atoms with van der Waals surface area (Å²) in [6.07, 6.45) is 1.01. The topological polar surface area (TPSA) is 58.4 Å². The highest BCUT2D eigenvalue weighted by Gasteiger charge is 2.27. The van der Waals surface area contributed by atoms with Gasteiger partial charge in [-0.25, -0.2) is 0 Å². The zero-order chi connectivity index (χ0) is 11.7. The van der Waals surface area contributed by atoms with Gasteiger partial charge in [-0.15, -0.1) is 12.4 Å². The molecule has 1 N–H and O–H groups in total. The molecule has 2 heterocycles. The Morgan fingerprint density at radius 2 is 2.24 bits per heavy atom. The highest BCUT2D eigenvalue weighted by molar-refractivity contribution is 5.96. The van der Waals surface area contributed by atoms with Gasteiger partial charge < -0.3 is 14.7 Å². The van der Waals surface area contributed by atoms with E-state index in [0.29, 0.717) is 17.0 Å². The zero-order valence-corrected chi connectivity index (χ0v) is 11.1. The third kappa shape index (κ3) is 2.61. The SMILES string of the molecule is Cc1noc(C)c1C(=O)N(C)C1CCNC1.Cl. The Morgan fingerprint density at radius 3 is 2.71 bits per heavy atom. The Balaban J connectivity index is 0.00000144. The van der Waals surface area contributed by atoms with Gasteiger partial charge in [0.2, 0.25) is 0 Å². The molecule has 96 valence electrons. The predicted molar refractivity (Wildman–Crippen MR) is 66.6 cm³/mol. The Hall–Kier alpha value is -1.07. The van der Waals surface area contributed by atoms with E-state index in [1.807, 2.05) is 7.05 Å². The first-order valence-corrected chi connectivity index (χ1v) is 5.52. The Bertz CT molecular complexity index is 380. The second-order valence-corrected chi connectivity index (χ2v) is 4.26. The second kappa shape index (κ2) is 5.51. The van der Waals surface area contributed by atoms with Crippen molar-refractivity contribution in [2.75, 3.05) is 20.1 Å². The van der Waals surface area contributed by atoms with Crippen LogP contribution in [0.1, 0.15) is 28.2 Å². The number of nitrogens with zero attached hydrogens (tertiary/aromatic N) is 2. The van der Waals surface area contributed by atoms with E-state index in [2.05, 4.69) is 10.5 Å². The van der Waals surface area contributed by atoms with Gasteiger partial charge in [-0.1, -0.05) is 5.16 Å². The van der Waals surface area contributed by atoms with Crippen molar-refractivity contribution in [3.8, 4) is 0 Å². The average molecular weight is 260 g/mol. The summed E-state index contributed by atoms with van der Waals surface area (Å²) in [5, 5.41) is 7.06. The zero-order valence-electron chi connectivity index (χ0n) is 10.3. The van der Waals surface area contributed by atoms with Crippen molar-refractivity contribution >= 4 is 18.3 Å². The lowest BCUT2D eigenvalue weighted by Gasteiger charge is -2.23. The van der Waals surface area contributed by atoms with Crippen LogP contribution in [0.25, 0.3) is 0 Å². The number of carbonyl (C=O) groups is 1. The maximum atomic E-state index is 12.2. The molecule has 0 radical (unpaired) electrons. The molecule has 1 fully saturated rings. The van der Waals surface area contributed by atoms with E-state index < -0.39 is 0 Å². The van der Waals surface area contributed by atoms with Crippen molar-refractivity contribution in [1.29, 1.82) is 0 Å². The highest BCUT2D eigenvalue weighted by Crippen LogP contribution is 2.17. The average Bonchev–Trinajstić information content (AvgIpc) is 2.87. The molecule has 1 aliphatic rings. The molecule has 0 bridgehead atoms. The molecule has 2 rings (SSSR count). The van der Waals surface area contributed by atoms with Crippen LogP contribution in [0.15, 0.2) is 4.52 Å². The van der Waals surface area contributed by atoms with Gasteiger partial charge >= 0.3 is 0 Å². The lowest BCUT2D eigenvalue weighted by atomic mass is 10.1. The molecule has 0 spiro atoms. The number of likely N-dealkylation sites (N-methyl/N-ethyl adjacent to an activating group) is 1. The lowest BCUT2D eigenvalue weighted by molar-refractivity contribution is 0.0741. The molecule has 17 heavy (non-hydrogen) atoms. The summed E-state index contributed by atoms with van der Waals surface area (Å²) in [7, 11) is 1.84. The van der Waals surface area contributed by atoms with Crippen molar-refractivity contribution in [3.05, 3.63) is 17.0 Å². The number of aromatic nitrogens is 1. The Labute approximate surface area is 107 Å². The lowest BCUT2D eigenvalue weighted by Crippen LogP contribution is -2.38. The van der Waals surface area contributed by atoms with Crippen LogP contribution < -0.4 is 5.32 Å². The van der Waals surface area contributed by atoms with Crippen LogP contribution in [-0.4, -0.2) is 42.1 Å². The summed E-state index contributed by atoms with van der Waals surface area (Å²) >= 11 is 0. The smallest absolute Gasteiger partial charge is 0.259 e. The fourth-order valence-electron chi connectivity index (χ4n) is 2.10. The van der Waals surface area contributed by atoms with Crippen molar-refractivity contribution in [1.82, 2.24) is 15.4 Å². The molecule has 0 aliphatic carbocycles. The fourth-order valence-corrected chi connectivity index (χ4v) is 2.10. The maximum Gasteiger partial charge on any atom is 0.259 e. The molecule has 1 aromatic heterocycles. The number of hydrogen-bond acceptors (Lipinski definition) is 4. The number of rotatable bonds is 2. The molecule has 1 amide bonds. The van der Waals surface area contributed by atoms with E-state index in [9.17, 15) is 4.79 Å². The minimum atomic E-state index is 0. The van der Waals surface area contributed by atoms with E-state index in [1.54, 1.807) is 18.7 Å². The molecule has 1 aliphatic heterocycles. The first-order valence-electron chi connectivity index (χ1n) is 5.52. The van der Waals surface area contributed by atoms with Crippen LogP contribution in [0.4, 0.5) is 0 Å². The molecule has 1 atom stereocenters. The van der Waals surface area contributed by atoms with Crippen LogP contribution in [0.5, 0.6) is 0 Å². The summed E-state index contributed by atoms with van der Waals surface area (Å²) in [5.41, 5.74) is 1.27. The van der Waals surface area contributed by atoms with Gasteiger partial charge in [0.15, 0.2) is 0 Å². The summed E-state index contributed by atoms with van der Waals surface area (Å²) in [4.78, 5) is 14.0. The summed E-state index contributed by atoms with van der Waals surface area (Å²) in [6.45, 7) is 5.41. The molecule has 1 unspecified atom stereocenters. The van der Waals surface area contributed by atoms with E-state index >= 15 is 0 Å². The van der Waals surface area contributed by atoms with Crippen LogP contribution in [-0.2, 0) is 0 Å². The number of hydrogen-bond donors (Lipinski definition) is 1. The minimum Gasteiger partial charge on any atom is -0.361 e. The first kappa shape index (κ1) is 14.0. The van der Waals surface area contributed by atoms with Gasteiger partial charge in [-0.3, -0.25) is 4.79 Å². The molecule has 0 aromatic carbocycles. The van der Waals surface area contributed by atoms with Crippen LogP contribution in [0.3, 0.4) is 0 Å². The number of halogens is 1. The van der Waals surface area contributed by atoms with Gasteiger partial charge in [0.1, 0.15) is 11.3 Å². The molecule has 1 aromatic rings. The molecular formula is C11H18ClN3O2. The van der Waals surface area contributed by atoms with Gasteiger partial charge in [0.05, 0.1) is 5.69 Å². The summed E-state index contributed by atoms with van der Waals surface area (Å²) in [6, 6.07) is 0.279. The normalized spacial score (nSPS) is 18.9. The van der Waals surface area contributed by atoms with E-state index in [-0.39, 0.29) is 24.4 Å². The van der Waals surface area contributed by atoms with E-state index in [1.165, 1.54) is 0 Å². The Kier molecular flexibility index (Phi) is 4.54. The maximum absolute atomic E-state index is 12.2. The number of amides is 1. The van der Waals surface area contributed by atoms with Gasteiger partial charge in [0.25, 0.3) is 5.91 Å². The predicted octanol–water partition coefficient (Wildman–Crippen LogP) is 1.15. The molecular weight excluding hydrogens is 242 g/mol. The number of nitrogens with one attached hydrogen (secondary N) is 1. The molecule has 6 heteroatoms. The summed E-state index contributed by atoms with van der Waals surface area (Å²) in [5.74, 6) is 0.602. The first-order chi connectivity index (χ1) is 7.61. The fraction of sp³-hybridized carbons (Fsp3) is 0.636. The van der Waals surface area contributed by atoms with Crippen molar-refractivity contribution in [3.63, 3.8) is 0 Å². The summed E-state index contributed by atoms with van der Waals surface area (Å²) < 4.78 is 5.02. The standard InChI is InChI=1S/C11H17N3O2.ClH/c1-7-10(8(2)16-13-7)11(15)14(3)9-4-5-12-6-9;/h9,12H,4-6H2,1-3H3;1H. The number of aryl methyl sites for hydroxylation is 2. The molecule has 5 nitrogen and oxygen atoms in total. The van der Waals surface area contributed by atoms with Crippen molar-refractivity contribution in [2.24, 2.45) is 0 Å². The van der Waals surface area contributed by atoms with Crippen LogP contribution in [0, 0.1) is 13.8 Å². The number of carbonyl (C=O) groups excluding carboxylic acids is 1. The Morgan fingerprint density at radius 1 is 1.53 bits per heavy atom. The molecule has 0 saturated carbocycles. The third-order valence-corrected chi connectivity index (χ3v) is 3.15. The van der Waals surface area contributed by atoms with Gasteiger partial charge in [0, 0.05) is 19.6 Å². The largest absolute Gasteiger partial charge is 0.361 e. The van der Waals surface area contributed by atoms with Crippen molar-refractivity contribution in [2.45, 2.75) is 26.3 Å². The van der Waals surface area contributed by atoms with Gasteiger partial charge in [-0.2, -0.15) is 0 Å². The quantitative estimate of drug-likeness (QED) is 0.866. The second-order valence-electron chi connectivity index (χ2n) is 4.26. The molecule has 1 saturated heterocycles. The van der Waals surface area contributed by atoms with Crippen LogP contribution in [0.2, 0.25) is 0 Å². The monoisotopic (exact) mass is 259 g/mol. The minimum absolute atomic E-state index is 0.